The number of H-pyrrole nitrogens is 1. The van der Waals surface area contributed by atoms with Gasteiger partial charge in [0.05, 0.1) is 13.2 Å². The van der Waals surface area contributed by atoms with Crippen molar-refractivity contribution in [3.63, 3.8) is 0 Å². The Morgan fingerprint density at radius 3 is 2.75 bits per heavy atom. The van der Waals surface area contributed by atoms with Crippen LogP contribution in [0.25, 0.3) is 11.3 Å². The van der Waals surface area contributed by atoms with Gasteiger partial charge in [0.15, 0.2) is 17.2 Å². The van der Waals surface area contributed by atoms with Gasteiger partial charge in [0.2, 0.25) is 0 Å². The maximum absolute atomic E-state index is 11.5. The van der Waals surface area contributed by atoms with Gasteiger partial charge in [0.25, 0.3) is 5.91 Å². The van der Waals surface area contributed by atoms with Crippen LogP contribution in [0.2, 0.25) is 0 Å². The maximum atomic E-state index is 11.5. The van der Waals surface area contributed by atoms with Crippen molar-refractivity contribution in [1.82, 2.24) is 15.4 Å². The Bertz CT molecular complexity index is 725. The van der Waals surface area contributed by atoms with Gasteiger partial charge in [-0.3, -0.25) is 4.79 Å². The molecule has 3 N–H and O–H groups in total. The van der Waals surface area contributed by atoms with Crippen LogP contribution in [0, 0.1) is 0 Å². The molecule has 0 fully saturated rings. The zero-order valence-electron chi connectivity index (χ0n) is 14.0. The number of primary amides is 1. The highest BCUT2D eigenvalue weighted by Crippen LogP contribution is 2.37. The number of benzene rings is 1. The molecule has 0 saturated heterocycles. The number of hydrogen-bond donors (Lipinski definition) is 2. The van der Waals surface area contributed by atoms with E-state index in [1.807, 2.05) is 19.9 Å². The number of aromatic amines is 1. The molecule has 2 rings (SSSR count). The van der Waals surface area contributed by atoms with E-state index in [2.05, 4.69) is 22.0 Å². The molecule has 7 nitrogen and oxygen atoms in total. The van der Waals surface area contributed by atoms with Gasteiger partial charge < -0.3 is 15.2 Å². The third kappa shape index (κ3) is 3.73. The molecule has 1 aromatic carbocycles. The number of amides is 1. The summed E-state index contributed by atoms with van der Waals surface area (Å²) in [6.45, 7) is 8.79. The monoisotopic (exact) mass is 330 g/mol. The number of aromatic nitrogens is 3. The van der Waals surface area contributed by atoms with Crippen LogP contribution in [0.1, 0.15) is 36.3 Å². The van der Waals surface area contributed by atoms with E-state index in [1.165, 1.54) is 0 Å². The molecule has 1 amide bonds. The van der Waals surface area contributed by atoms with E-state index in [0.29, 0.717) is 42.4 Å². The Balaban J connectivity index is 2.58. The van der Waals surface area contributed by atoms with E-state index >= 15 is 0 Å². The third-order valence-electron chi connectivity index (χ3n) is 3.30. The fraction of sp³-hybridized carbons (Fsp3) is 0.353. The lowest BCUT2D eigenvalue weighted by molar-refractivity contribution is 0.0996. The fourth-order valence-corrected chi connectivity index (χ4v) is 2.34. The highest BCUT2D eigenvalue weighted by Gasteiger charge is 2.20. The zero-order chi connectivity index (χ0) is 17.5. The van der Waals surface area contributed by atoms with Crippen LogP contribution in [0.5, 0.6) is 11.5 Å². The van der Waals surface area contributed by atoms with Crippen LogP contribution in [-0.2, 0) is 6.42 Å². The molecule has 0 saturated carbocycles. The zero-order valence-corrected chi connectivity index (χ0v) is 14.0. The Morgan fingerprint density at radius 1 is 1.33 bits per heavy atom. The summed E-state index contributed by atoms with van der Waals surface area (Å²) in [6, 6.07) is 3.67. The lowest BCUT2D eigenvalue weighted by atomic mass is 10.0. The molecule has 24 heavy (non-hydrogen) atoms. The second-order valence-corrected chi connectivity index (χ2v) is 5.12. The lowest BCUT2D eigenvalue weighted by Gasteiger charge is -2.16. The molecule has 1 aromatic heterocycles. The van der Waals surface area contributed by atoms with E-state index in [-0.39, 0.29) is 5.69 Å². The second-order valence-electron chi connectivity index (χ2n) is 5.12. The summed E-state index contributed by atoms with van der Waals surface area (Å²) in [4.78, 5) is 11.5. The van der Waals surface area contributed by atoms with Crippen molar-refractivity contribution < 1.29 is 14.3 Å². The number of rotatable bonds is 9. The predicted octanol–water partition coefficient (Wildman–Crippen LogP) is 2.49. The van der Waals surface area contributed by atoms with E-state index < -0.39 is 5.91 Å². The van der Waals surface area contributed by atoms with Crippen molar-refractivity contribution in [2.75, 3.05) is 13.2 Å². The van der Waals surface area contributed by atoms with Crippen molar-refractivity contribution in [1.29, 1.82) is 0 Å². The van der Waals surface area contributed by atoms with Crippen molar-refractivity contribution in [2.24, 2.45) is 5.73 Å². The Morgan fingerprint density at radius 2 is 2.12 bits per heavy atom. The molecule has 0 radical (unpaired) electrons. The van der Waals surface area contributed by atoms with Crippen molar-refractivity contribution in [3.8, 4) is 22.8 Å². The maximum Gasteiger partial charge on any atom is 0.271 e. The Kier molecular flexibility index (Phi) is 5.95. The smallest absolute Gasteiger partial charge is 0.271 e. The Labute approximate surface area is 140 Å². The summed E-state index contributed by atoms with van der Waals surface area (Å²) in [7, 11) is 0. The molecule has 0 unspecified atom stereocenters. The van der Waals surface area contributed by atoms with Crippen LogP contribution in [0.15, 0.2) is 24.8 Å². The van der Waals surface area contributed by atoms with Gasteiger partial charge in [0, 0.05) is 11.1 Å². The van der Waals surface area contributed by atoms with Crippen LogP contribution in [0.3, 0.4) is 0 Å². The molecule has 0 spiro atoms. The average Bonchev–Trinajstić information content (AvgIpc) is 3.04. The van der Waals surface area contributed by atoms with Crippen molar-refractivity contribution >= 4 is 5.91 Å². The number of nitrogens with two attached hydrogens (primary N) is 1. The van der Waals surface area contributed by atoms with Gasteiger partial charge in [-0.2, -0.15) is 15.4 Å². The standard InChI is InChI=1S/C17H22N4O3/c1-4-7-11-9-12(14-15(17(18)22)20-21-19-14)10-13(23-6-3)16(11)24-8-5-2/h4,9-10H,1,5-8H2,2-3H3,(H2,18,22)(H,19,20,21). The molecule has 0 aliphatic heterocycles. The highest BCUT2D eigenvalue weighted by molar-refractivity contribution is 5.96. The predicted molar refractivity (Wildman–Crippen MR) is 91.2 cm³/mol. The quantitative estimate of drug-likeness (QED) is 0.688. The van der Waals surface area contributed by atoms with E-state index in [1.54, 1.807) is 12.1 Å². The first-order valence-corrected chi connectivity index (χ1v) is 7.86. The van der Waals surface area contributed by atoms with E-state index in [9.17, 15) is 4.79 Å². The number of carbonyl (C=O) groups is 1. The molecule has 2 aromatic rings. The van der Waals surface area contributed by atoms with E-state index in [4.69, 9.17) is 15.2 Å². The van der Waals surface area contributed by atoms with Crippen LogP contribution >= 0.6 is 0 Å². The van der Waals surface area contributed by atoms with Crippen molar-refractivity contribution in [2.45, 2.75) is 26.7 Å². The first-order valence-electron chi connectivity index (χ1n) is 7.86. The summed E-state index contributed by atoms with van der Waals surface area (Å²) >= 11 is 0. The van der Waals surface area contributed by atoms with Gasteiger partial charge in [0.1, 0.15) is 5.69 Å². The molecule has 128 valence electrons. The Hall–Kier alpha value is -2.83. The minimum Gasteiger partial charge on any atom is -0.490 e. The lowest BCUT2D eigenvalue weighted by Crippen LogP contribution is -2.13. The molecule has 0 aliphatic carbocycles. The van der Waals surface area contributed by atoms with Crippen LogP contribution in [0.4, 0.5) is 0 Å². The SMILES string of the molecule is C=CCc1cc(-c2n[nH]nc2C(N)=O)cc(OCC)c1OCCC. The number of hydrogen-bond acceptors (Lipinski definition) is 5. The molecular weight excluding hydrogens is 308 g/mol. The molecule has 1 heterocycles. The topological polar surface area (TPSA) is 103 Å². The van der Waals surface area contributed by atoms with Crippen molar-refractivity contribution in [3.05, 3.63) is 36.0 Å². The van der Waals surface area contributed by atoms with Gasteiger partial charge >= 0.3 is 0 Å². The normalized spacial score (nSPS) is 10.4. The molecule has 7 heteroatoms. The number of nitrogens with zero attached hydrogens (tertiary/aromatic N) is 2. The summed E-state index contributed by atoms with van der Waals surface area (Å²) in [5, 5.41) is 10.3. The molecule has 0 bridgehead atoms. The first kappa shape index (κ1) is 17.5. The molecule has 0 aliphatic rings. The number of nitrogens with one attached hydrogen (secondary N) is 1. The highest BCUT2D eigenvalue weighted by atomic mass is 16.5. The number of carbonyl (C=O) groups excluding carboxylic acids is 1. The van der Waals surface area contributed by atoms with Gasteiger partial charge in [-0.25, -0.2) is 0 Å². The average molecular weight is 330 g/mol. The number of allylic oxidation sites excluding steroid dienone is 1. The fourth-order valence-electron chi connectivity index (χ4n) is 2.34. The van der Waals surface area contributed by atoms with Gasteiger partial charge in [-0.05, 0) is 31.9 Å². The number of ether oxygens (including phenoxy) is 2. The molecular formula is C17H22N4O3. The first-order chi connectivity index (χ1) is 11.6. The molecule has 0 atom stereocenters. The minimum atomic E-state index is -0.645. The summed E-state index contributed by atoms with van der Waals surface area (Å²) < 4.78 is 11.6. The second kappa shape index (κ2) is 8.14. The van der Waals surface area contributed by atoms with Crippen LogP contribution in [-0.4, -0.2) is 34.5 Å². The summed E-state index contributed by atoms with van der Waals surface area (Å²) in [5.41, 5.74) is 7.41. The van der Waals surface area contributed by atoms with Crippen LogP contribution < -0.4 is 15.2 Å². The largest absolute Gasteiger partial charge is 0.490 e. The van der Waals surface area contributed by atoms with Gasteiger partial charge in [-0.1, -0.05) is 13.0 Å². The minimum absolute atomic E-state index is 0.0872. The van der Waals surface area contributed by atoms with E-state index in [0.717, 1.165) is 12.0 Å². The van der Waals surface area contributed by atoms with Gasteiger partial charge in [-0.15, -0.1) is 6.58 Å². The third-order valence-corrected chi connectivity index (χ3v) is 3.30. The summed E-state index contributed by atoms with van der Waals surface area (Å²) in [5.74, 6) is 0.637. The summed E-state index contributed by atoms with van der Waals surface area (Å²) in [6.07, 6.45) is 3.26.